The Morgan fingerprint density at radius 2 is 1.74 bits per heavy atom. The fourth-order valence-electron chi connectivity index (χ4n) is 2.84. The molecule has 1 aromatic heterocycles. The van der Waals surface area contributed by atoms with Crippen molar-refractivity contribution >= 4 is 0 Å². The van der Waals surface area contributed by atoms with Crippen molar-refractivity contribution in [3.63, 3.8) is 0 Å². The Bertz CT molecular complexity index is 844. The van der Waals surface area contributed by atoms with Crippen LogP contribution in [-0.4, -0.2) is 9.78 Å². The van der Waals surface area contributed by atoms with Gasteiger partial charge < -0.3 is 0 Å². The van der Waals surface area contributed by atoms with Gasteiger partial charge in [0.15, 0.2) is 0 Å². The molecule has 0 amide bonds. The van der Waals surface area contributed by atoms with Crippen molar-refractivity contribution in [1.82, 2.24) is 9.78 Å². The Morgan fingerprint density at radius 3 is 2.43 bits per heavy atom. The van der Waals surface area contributed by atoms with Crippen LogP contribution in [0.4, 0.5) is 0 Å². The van der Waals surface area contributed by atoms with Gasteiger partial charge in [-0.25, -0.2) is 0 Å². The van der Waals surface area contributed by atoms with E-state index in [0.717, 1.165) is 41.8 Å². The molecule has 3 heteroatoms. The Kier molecular flexibility index (Phi) is 4.47. The van der Waals surface area contributed by atoms with E-state index in [1.165, 1.54) is 5.56 Å². The van der Waals surface area contributed by atoms with Crippen molar-refractivity contribution in [3.8, 4) is 22.4 Å². The van der Waals surface area contributed by atoms with Crippen LogP contribution in [0.2, 0.25) is 0 Å². The number of benzene rings is 2. The molecule has 0 unspecified atom stereocenters. The molecule has 2 aromatic carbocycles. The number of rotatable bonds is 5. The second-order valence-electron chi connectivity index (χ2n) is 5.91. The number of aromatic nitrogens is 2. The van der Waals surface area contributed by atoms with E-state index in [0.29, 0.717) is 0 Å². The maximum absolute atomic E-state index is 12.9. The highest BCUT2D eigenvalue weighted by molar-refractivity contribution is 5.80. The van der Waals surface area contributed by atoms with E-state index < -0.39 is 0 Å². The topological polar surface area (TPSA) is 37.8 Å². The quantitative estimate of drug-likeness (QED) is 0.734. The second kappa shape index (κ2) is 6.69. The number of H-pyrrole nitrogens is 1. The summed E-state index contributed by atoms with van der Waals surface area (Å²) in [5.74, 6) is 0. The third-order valence-corrected chi connectivity index (χ3v) is 4.06. The summed E-state index contributed by atoms with van der Waals surface area (Å²) in [7, 11) is 0. The number of unbranched alkanes of at least 4 members (excludes halogenated alkanes) is 1. The third-order valence-electron chi connectivity index (χ3n) is 4.06. The van der Waals surface area contributed by atoms with Gasteiger partial charge >= 0.3 is 0 Å². The molecule has 0 bridgehead atoms. The van der Waals surface area contributed by atoms with Gasteiger partial charge in [-0.1, -0.05) is 67.4 Å². The van der Waals surface area contributed by atoms with E-state index in [-0.39, 0.29) is 5.56 Å². The number of nitrogens with one attached hydrogen (secondary N) is 1. The van der Waals surface area contributed by atoms with Crippen molar-refractivity contribution in [2.45, 2.75) is 33.2 Å². The van der Waals surface area contributed by atoms with Crippen molar-refractivity contribution in [2.75, 3.05) is 0 Å². The van der Waals surface area contributed by atoms with Crippen LogP contribution in [0.3, 0.4) is 0 Å². The molecule has 3 rings (SSSR count). The van der Waals surface area contributed by atoms with E-state index in [1.54, 1.807) is 4.68 Å². The first kappa shape index (κ1) is 15.3. The van der Waals surface area contributed by atoms with Gasteiger partial charge in [0.1, 0.15) is 0 Å². The van der Waals surface area contributed by atoms with Crippen LogP contribution in [0.25, 0.3) is 22.4 Å². The largest absolute Gasteiger partial charge is 0.294 e. The Morgan fingerprint density at radius 1 is 1.00 bits per heavy atom. The van der Waals surface area contributed by atoms with E-state index in [1.807, 2.05) is 36.4 Å². The number of aryl methyl sites for hydroxylation is 2. The Balaban J connectivity index is 2.19. The molecule has 3 aromatic rings. The fourth-order valence-corrected chi connectivity index (χ4v) is 2.84. The highest BCUT2D eigenvalue weighted by Crippen LogP contribution is 2.28. The summed E-state index contributed by atoms with van der Waals surface area (Å²) < 4.78 is 1.74. The van der Waals surface area contributed by atoms with E-state index in [2.05, 4.69) is 37.1 Å². The zero-order valence-electron chi connectivity index (χ0n) is 13.7. The summed E-state index contributed by atoms with van der Waals surface area (Å²) in [6, 6.07) is 18.2. The molecule has 0 fully saturated rings. The fraction of sp³-hybridized carbons (Fsp3) is 0.250. The summed E-state index contributed by atoms with van der Waals surface area (Å²) in [6.45, 7) is 4.92. The summed E-state index contributed by atoms with van der Waals surface area (Å²) in [5, 5.41) is 3.33. The van der Waals surface area contributed by atoms with Gasteiger partial charge in [0.25, 0.3) is 5.56 Å². The van der Waals surface area contributed by atoms with Crippen LogP contribution in [0.5, 0.6) is 0 Å². The summed E-state index contributed by atoms with van der Waals surface area (Å²) in [4.78, 5) is 12.9. The number of aromatic amines is 1. The van der Waals surface area contributed by atoms with Gasteiger partial charge in [0, 0.05) is 12.1 Å². The number of hydrogen-bond acceptors (Lipinski definition) is 1. The lowest BCUT2D eigenvalue weighted by molar-refractivity contribution is 0.559. The highest BCUT2D eigenvalue weighted by Gasteiger charge is 2.17. The molecule has 23 heavy (non-hydrogen) atoms. The summed E-state index contributed by atoms with van der Waals surface area (Å²) >= 11 is 0. The zero-order chi connectivity index (χ0) is 16.2. The first-order valence-electron chi connectivity index (χ1n) is 8.16. The van der Waals surface area contributed by atoms with Crippen LogP contribution in [-0.2, 0) is 6.54 Å². The summed E-state index contributed by atoms with van der Waals surface area (Å²) in [5.41, 5.74) is 4.91. The van der Waals surface area contributed by atoms with Gasteiger partial charge in [-0.05, 0) is 25.0 Å². The number of hydrogen-bond donors (Lipinski definition) is 1. The average molecular weight is 306 g/mol. The molecular weight excluding hydrogens is 284 g/mol. The first-order chi connectivity index (χ1) is 11.2. The van der Waals surface area contributed by atoms with Crippen molar-refractivity contribution in [3.05, 3.63) is 70.5 Å². The van der Waals surface area contributed by atoms with Gasteiger partial charge in [0.05, 0.1) is 11.3 Å². The Labute approximate surface area is 136 Å². The Hall–Kier alpha value is -2.55. The molecule has 0 aliphatic rings. The monoisotopic (exact) mass is 306 g/mol. The highest BCUT2D eigenvalue weighted by atomic mass is 16.1. The lowest BCUT2D eigenvalue weighted by Gasteiger charge is -2.04. The average Bonchev–Trinajstić information content (AvgIpc) is 2.90. The lowest BCUT2D eigenvalue weighted by Crippen LogP contribution is -2.17. The molecule has 118 valence electrons. The summed E-state index contributed by atoms with van der Waals surface area (Å²) in [6.07, 6.45) is 2.05. The van der Waals surface area contributed by atoms with Gasteiger partial charge in [-0.15, -0.1) is 0 Å². The van der Waals surface area contributed by atoms with Gasteiger partial charge in [-0.3, -0.25) is 14.6 Å². The smallest absolute Gasteiger partial charge is 0.274 e. The molecule has 0 atom stereocenters. The van der Waals surface area contributed by atoms with Crippen LogP contribution in [0.15, 0.2) is 59.4 Å². The third kappa shape index (κ3) is 3.14. The van der Waals surface area contributed by atoms with E-state index in [4.69, 9.17) is 0 Å². The SMILES string of the molecule is CCCCn1[nH]c(-c2cccc(C)c2)c(-c2ccccc2)c1=O. The van der Waals surface area contributed by atoms with Crippen molar-refractivity contribution < 1.29 is 0 Å². The zero-order valence-corrected chi connectivity index (χ0v) is 13.7. The van der Waals surface area contributed by atoms with E-state index >= 15 is 0 Å². The minimum absolute atomic E-state index is 0.0566. The molecule has 0 aliphatic heterocycles. The lowest BCUT2D eigenvalue weighted by atomic mass is 10.0. The molecule has 0 radical (unpaired) electrons. The molecule has 0 spiro atoms. The molecule has 0 saturated carbocycles. The molecule has 1 heterocycles. The van der Waals surface area contributed by atoms with Gasteiger partial charge in [-0.2, -0.15) is 0 Å². The minimum atomic E-state index is 0.0566. The predicted octanol–water partition coefficient (Wildman–Crippen LogP) is 4.62. The van der Waals surface area contributed by atoms with Gasteiger partial charge in [0.2, 0.25) is 0 Å². The molecular formula is C20H22N2O. The minimum Gasteiger partial charge on any atom is -0.294 e. The van der Waals surface area contributed by atoms with Crippen LogP contribution < -0.4 is 5.56 Å². The normalized spacial score (nSPS) is 10.9. The predicted molar refractivity (Wildman–Crippen MR) is 95.6 cm³/mol. The maximum atomic E-state index is 12.9. The van der Waals surface area contributed by atoms with Crippen molar-refractivity contribution in [2.24, 2.45) is 0 Å². The molecule has 3 nitrogen and oxygen atoms in total. The maximum Gasteiger partial charge on any atom is 0.274 e. The molecule has 0 aliphatic carbocycles. The van der Waals surface area contributed by atoms with Crippen LogP contribution in [0, 0.1) is 6.92 Å². The van der Waals surface area contributed by atoms with E-state index in [9.17, 15) is 4.79 Å². The second-order valence-corrected chi connectivity index (χ2v) is 5.91. The standard InChI is InChI=1S/C20H22N2O/c1-3-4-13-22-20(23)18(16-10-6-5-7-11-16)19(21-22)17-12-8-9-15(2)14-17/h5-12,14,21H,3-4,13H2,1-2H3. The van der Waals surface area contributed by atoms with Crippen LogP contribution >= 0.6 is 0 Å². The first-order valence-corrected chi connectivity index (χ1v) is 8.16. The number of nitrogens with zero attached hydrogens (tertiary/aromatic N) is 1. The molecule has 0 saturated heterocycles. The van der Waals surface area contributed by atoms with Crippen LogP contribution in [0.1, 0.15) is 25.3 Å². The van der Waals surface area contributed by atoms with Crippen molar-refractivity contribution in [1.29, 1.82) is 0 Å². The molecule has 1 N–H and O–H groups in total.